The summed E-state index contributed by atoms with van der Waals surface area (Å²) in [6, 6.07) is 0. The van der Waals surface area contributed by atoms with Crippen molar-refractivity contribution in [2.75, 3.05) is 0 Å². The van der Waals surface area contributed by atoms with Gasteiger partial charge in [-0.25, -0.2) is 0 Å². The number of hydrogen-bond donors (Lipinski definition) is 1. The van der Waals surface area contributed by atoms with Crippen LogP contribution in [0.25, 0.3) is 0 Å². The predicted octanol–water partition coefficient (Wildman–Crippen LogP) is 6.66. The highest BCUT2D eigenvalue weighted by Gasteiger charge is 1.96. The van der Waals surface area contributed by atoms with E-state index in [0.717, 1.165) is 19.3 Å². The lowest BCUT2D eigenvalue weighted by Gasteiger charge is -2.00. The largest absolute Gasteiger partial charge is 0.481 e. The fraction of sp³-hybridized carbons (Fsp3) is 0.750. The molecule has 0 aromatic carbocycles. The van der Waals surface area contributed by atoms with Crippen LogP contribution >= 0.6 is 0 Å². The molecule has 0 radical (unpaired) electrons. The highest BCUT2D eigenvalue weighted by atomic mass is 16.4. The summed E-state index contributed by atoms with van der Waals surface area (Å²) in [5, 5.41) is 8.53. The molecule has 0 aromatic heterocycles. The standard InChI is InChI=1S/C20H36O2/c1-2-3-4-5-6-7-8-9-10-11-12-13-14-15-16-17-18-19-20(21)22/h6-7,9-10H,2-5,8,11-19H2,1H3,(H,21,22)/b7-6-,10-9+. The number of carboxylic acids is 1. The van der Waals surface area contributed by atoms with Crippen molar-refractivity contribution in [3.8, 4) is 0 Å². The maximum atomic E-state index is 10.3. The molecule has 0 aliphatic carbocycles. The molecule has 0 unspecified atom stereocenters. The maximum absolute atomic E-state index is 10.3. The van der Waals surface area contributed by atoms with Crippen molar-refractivity contribution >= 4 is 5.97 Å². The van der Waals surface area contributed by atoms with Gasteiger partial charge in [0, 0.05) is 6.42 Å². The number of carbonyl (C=O) groups is 1. The van der Waals surface area contributed by atoms with E-state index >= 15 is 0 Å². The van der Waals surface area contributed by atoms with Crippen LogP contribution in [-0.4, -0.2) is 11.1 Å². The zero-order valence-corrected chi connectivity index (χ0v) is 14.6. The van der Waals surface area contributed by atoms with Crippen molar-refractivity contribution < 1.29 is 9.90 Å². The Kier molecular flexibility index (Phi) is 17.1. The van der Waals surface area contributed by atoms with E-state index in [1.807, 2.05) is 0 Å². The first-order valence-corrected chi connectivity index (χ1v) is 9.29. The monoisotopic (exact) mass is 308 g/mol. The molecular weight excluding hydrogens is 272 g/mol. The van der Waals surface area contributed by atoms with Crippen LogP contribution < -0.4 is 0 Å². The first-order chi connectivity index (χ1) is 10.8. The Morgan fingerprint density at radius 1 is 0.727 bits per heavy atom. The highest BCUT2D eigenvalue weighted by Crippen LogP contribution is 2.10. The second-order valence-corrected chi connectivity index (χ2v) is 6.08. The SMILES string of the molecule is CCCCC/C=C\C/C=C/CCCCCCCCCC(=O)O. The minimum absolute atomic E-state index is 0.331. The van der Waals surface area contributed by atoms with Crippen LogP contribution in [0.2, 0.25) is 0 Å². The molecule has 2 heteroatoms. The lowest BCUT2D eigenvalue weighted by molar-refractivity contribution is -0.137. The molecule has 0 heterocycles. The molecule has 0 aliphatic rings. The molecule has 0 spiro atoms. The van der Waals surface area contributed by atoms with E-state index in [1.54, 1.807) is 0 Å². The molecule has 0 aromatic rings. The smallest absolute Gasteiger partial charge is 0.303 e. The predicted molar refractivity (Wildman–Crippen MR) is 96.2 cm³/mol. The average molecular weight is 309 g/mol. The summed E-state index contributed by atoms with van der Waals surface area (Å²) < 4.78 is 0. The summed E-state index contributed by atoms with van der Waals surface area (Å²) in [5.74, 6) is -0.664. The molecule has 0 atom stereocenters. The normalized spacial score (nSPS) is 11.7. The molecule has 0 fully saturated rings. The summed E-state index contributed by atoms with van der Waals surface area (Å²) in [5.41, 5.74) is 0. The number of unbranched alkanes of at least 4 members (excludes halogenated alkanes) is 10. The maximum Gasteiger partial charge on any atom is 0.303 e. The molecule has 0 bridgehead atoms. The highest BCUT2D eigenvalue weighted by molar-refractivity contribution is 5.66. The second kappa shape index (κ2) is 18.0. The Balaban J connectivity index is 3.15. The first kappa shape index (κ1) is 20.9. The van der Waals surface area contributed by atoms with Crippen LogP contribution in [0.5, 0.6) is 0 Å². The summed E-state index contributed by atoms with van der Waals surface area (Å²) in [4.78, 5) is 10.3. The van der Waals surface area contributed by atoms with E-state index in [0.29, 0.717) is 6.42 Å². The van der Waals surface area contributed by atoms with Crippen LogP contribution in [0.4, 0.5) is 0 Å². The Bertz CT molecular complexity index is 292. The Hall–Kier alpha value is -1.05. The van der Waals surface area contributed by atoms with Gasteiger partial charge in [0.05, 0.1) is 0 Å². The number of hydrogen-bond acceptors (Lipinski definition) is 1. The molecule has 0 amide bonds. The molecule has 22 heavy (non-hydrogen) atoms. The van der Waals surface area contributed by atoms with Crippen LogP contribution in [0.15, 0.2) is 24.3 Å². The van der Waals surface area contributed by atoms with Gasteiger partial charge in [-0.05, 0) is 38.5 Å². The summed E-state index contributed by atoms with van der Waals surface area (Å²) in [6.07, 6.45) is 25.2. The van der Waals surface area contributed by atoms with Gasteiger partial charge in [0.15, 0.2) is 0 Å². The van der Waals surface area contributed by atoms with Gasteiger partial charge in [-0.1, -0.05) is 76.2 Å². The fourth-order valence-electron chi connectivity index (χ4n) is 2.44. The summed E-state index contributed by atoms with van der Waals surface area (Å²) in [7, 11) is 0. The van der Waals surface area contributed by atoms with Gasteiger partial charge >= 0.3 is 5.97 Å². The van der Waals surface area contributed by atoms with Crippen LogP contribution in [0, 0.1) is 0 Å². The second-order valence-electron chi connectivity index (χ2n) is 6.08. The van der Waals surface area contributed by atoms with Crippen molar-refractivity contribution in [1.29, 1.82) is 0 Å². The minimum Gasteiger partial charge on any atom is -0.481 e. The van der Waals surface area contributed by atoms with Crippen molar-refractivity contribution in [2.24, 2.45) is 0 Å². The van der Waals surface area contributed by atoms with E-state index in [9.17, 15) is 4.79 Å². The lowest BCUT2D eigenvalue weighted by Crippen LogP contribution is -1.93. The van der Waals surface area contributed by atoms with Crippen molar-refractivity contribution in [3.63, 3.8) is 0 Å². The van der Waals surface area contributed by atoms with Gasteiger partial charge in [-0.15, -0.1) is 0 Å². The molecule has 0 saturated carbocycles. The van der Waals surface area contributed by atoms with Gasteiger partial charge in [0.2, 0.25) is 0 Å². The summed E-state index contributed by atoms with van der Waals surface area (Å²) >= 11 is 0. The molecule has 2 nitrogen and oxygen atoms in total. The summed E-state index contributed by atoms with van der Waals surface area (Å²) in [6.45, 7) is 2.24. The Morgan fingerprint density at radius 3 is 1.77 bits per heavy atom. The topological polar surface area (TPSA) is 37.3 Å². The third-order valence-corrected chi connectivity index (χ3v) is 3.84. The van der Waals surface area contributed by atoms with E-state index < -0.39 is 5.97 Å². The van der Waals surface area contributed by atoms with E-state index in [-0.39, 0.29) is 0 Å². The zero-order valence-electron chi connectivity index (χ0n) is 14.6. The number of allylic oxidation sites excluding steroid dienone is 4. The lowest BCUT2D eigenvalue weighted by atomic mass is 10.1. The molecule has 0 aliphatic heterocycles. The average Bonchev–Trinajstić information content (AvgIpc) is 2.50. The number of aliphatic carboxylic acids is 1. The third-order valence-electron chi connectivity index (χ3n) is 3.84. The first-order valence-electron chi connectivity index (χ1n) is 9.29. The van der Waals surface area contributed by atoms with Gasteiger partial charge in [0.25, 0.3) is 0 Å². The van der Waals surface area contributed by atoms with Crippen molar-refractivity contribution in [1.82, 2.24) is 0 Å². The fourth-order valence-corrected chi connectivity index (χ4v) is 2.44. The molecule has 0 saturated heterocycles. The van der Waals surface area contributed by atoms with Crippen LogP contribution in [0.1, 0.15) is 96.8 Å². The molecule has 0 rings (SSSR count). The van der Waals surface area contributed by atoms with Gasteiger partial charge in [-0.3, -0.25) is 4.79 Å². The van der Waals surface area contributed by atoms with E-state index in [1.165, 1.54) is 64.2 Å². The Morgan fingerprint density at radius 2 is 1.23 bits per heavy atom. The minimum atomic E-state index is -0.664. The third kappa shape index (κ3) is 18.9. The van der Waals surface area contributed by atoms with Crippen molar-refractivity contribution in [3.05, 3.63) is 24.3 Å². The molecular formula is C20H36O2. The van der Waals surface area contributed by atoms with Gasteiger partial charge in [-0.2, -0.15) is 0 Å². The number of rotatable bonds is 16. The quantitative estimate of drug-likeness (QED) is 0.255. The van der Waals surface area contributed by atoms with E-state index in [4.69, 9.17) is 5.11 Å². The number of carboxylic acid groups (broad SMARTS) is 1. The molecule has 128 valence electrons. The van der Waals surface area contributed by atoms with Crippen molar-refractivity contribution in [2.45, 2.75) is 96.8 Å². The van der Waals surface area contributed by atoms with Gasteiger partial charge in [0.1, 0.15) is 0 Å². The van der Waals surface area contributed by atoms with Crippen LogP contribution in [0.3, 0.4) is 0 Å². The van der Waals surface area contributed by atoms with Gasteiger partial charge < -0.3 is 5.11 Å². The van der Waals surface area contributed by atoms with E-state index in [2.05, 4.69) is 31.2 Å². The molecule has 1 N–H and O–H groups in total. The van der Waals surface area contributed by atoms with Crippen LogP contribution in [-0.2, 0) is 4.79 Å². The Labute approximate surface area is 137 Å². The zero-order chi connectivity index (χ0) is 16.3.